The van der Waals surface area contributed by atoms with Gasteiger partial charge in [-0.2, -0.15) is 0 Å². The van der Waals surface area contributed by atoms with Gasteiger partial charge in [0.15, 0.2) is 15.2 Å². The maximum absolute atomic E-state index is 11.5. The fourth-order valence-corrected chi connectivity index (χ4v) is 3.55. The second-order valence-corrected chi connectivity index (χ2v) is 5.82. The largest absolute Gasteiger partial charge is 0.465 e. The lowest BCUT2D eigenvalue weighted by Gasteiger charge is -2.27. The summed E-state index contributed by atoms with van der Waals surface area (Å²) < 4.78 is 4.67. The number of carbonyl (C=O) groups is 1. The summed E-state index contributed by atoms with van der Waals surface area (Å²) >= 11 is 7.20. The van der Waals surface area contributed by atoms with Crippen LogP contribution in [0.1, 0.15) is 35.4 Å². The van der Waals surface area contributed by atoms with E-state index in [0.717, 1.165) is 32.2 Å². The lowest BCUT2D eigenvalue weighted by atomic mass is 10.1. The topological polar surface area (TPSA) is 62.7 Å². The molecule has 0 radical (unpaired) electrons. The molecule has 1 aromatic heterocycles. The third kappa shape index (κ3) is 3.19. The van der Waals surface area contributed by atoms with Crippen LogP contribution in [0.4, 0.5) is 5.13 Å². The molecule has 1 saturated heterocycles. The van der Waals surface area contributed by atoms with Gasteiger partial charge < -0.3 is 14.7 Å². The maximum atomic E-state index is 11.5. The molecule has 1 unspecified atom stereocenters. The van der Waals surface area contributed by atoms with Crippen LogP contribution < -0.4 is 4.90 Å². The fourth-order valence-electron chi connectivity index (χ4n) is 2.25. The van der Waals surface area contributed by atoms with Crippen LogP contribution in [0, 0.1) is 0 Å². The Morgan fingerprint density at radius 1 is 1.58 bits per heavy atom. The van der Waals surface area contributed by atoms with Gasteiger partial charge in [0, 0.05) is 6.54 Å². The van der Waals surface area contributed by atoms with Gasteiger partial charge in [-0.3, -0.25) is 0 Å². The molecule has 1 aliphatic heterocycles. The molecule has 0 aromatic carbocycles. The maximum Gasteiger partial charge on any atom is 0.351 e. The highest BCUT2D eigenvalue weighted by Crippen LogP contribution is 2.33. The molecule has 106 valence electrons. The summed E-state index contributed by atoms with van der Waals surface area (Å²) in [6.45, 7) is 0.917. The van der Waals surface area contributed by atoms with E-state index in [-0.39, 0.29) is 17.8 Å². The van der Waals surface area contributed by atoms with E-state index in [4.69, 9.17) is 11.6 Å². The summed E-state index contributed by atoms with van der Waals surface area (Å²) in [7, 11) is 1.32. The van der Waals surface area contributed by atoms with Gasteiger partial charge in [0.25, 0.3) is 0 Å². The molecule has 1 aromatic rings. The number of anilines is 1. The van der Waals surface area contributed by atoms with Crippen molar-refractivity contribution in [1.82, 2.24) is 4.98 Å². The van der Waals surface area contributed by atoms with Crippen molar-refractivity contribution in [2.45, 2.75) is 31.7 Å². The molecule has 0 saturated carbocycles. The Morgan fingerprint density at radius 3 is 3.05 bits per heavy atom. The Bertz CT molecular complexity index is 452. The SMILES string of the molecule is COC(=O)c1sc(N2CCCCCC2CO)nc1Cl. The van der Waals surface area contributed by atoms with E-state index in [1.165, 1.54) is 18.4 Å². The van der Waals surface area contributed by atoms with Gasteiger partial charge >= 0.3 is 5.97 Å². The van der Waals surface area contributed by atoms with Crippen molar-refractivity contribution >= 4 is 34.0 Å². The Labute approximate surface area is 121 Å². The smallest absolute Gasteiger partial charge is 0.351 e. The number of hydrogen-bond donors (Lipinski definition) is 1. The lowest BCUT2D eigenvalue weighted by molar-refractivity contribution is 0.0606. The average Bonchev–Trinajstić information content (AvgIpc) is 2.65. The summed E-state index contributed by atoms with van der Waals surface area (Å²) in [5.41, 5.74) is 0. The molecule has 2 rings (SSSR count). The normalized spacial score (nSPS) is 20.2. The Kier molecular flexibility index (Phi) is 5.01. The average molecular weight is 305 g/mol. The van der Waals surface area contributed by atoms with Crippen molar-refractivity contribution in [3.63, 3.8) is 0 Å². The summed E-state index contributed by atoms with van der Waals surface area (Å²) in [6, 6.07) is 0.0511. The van der Waals surface area contributed by atoms with Crippen molar-refractivity contribution in [2.75, 3.05) is 25.2 Å². The molecule has 0 aliphatic carbocycles. The molecule has 7 heteroatoms. The number of methoxy groups -OCH3 is 1. The summed E-state index contributed by atoms with van der Waals surface area (Å²) in [4.78, 5) is 18.2. The molecule has 2 heterocycles. The van der Waals surface area contributed by atoms with Crippen LogP contribution in [-0.4, -0.2) is 42.4 Å². The number of thiazole rings is 1. The first kappa shape index (κ1) is 14.6. The van der Waals surface area contributed by atoms with Crippen LogP contribution >= 0.6 is 22.9 Å². The highest BCUT2D eigenvalue weighted by atomic mass is 35.5. The number of nitrogens with zero attached hydrogens (tertiary/aromatic N) is 2. The molecule has 0 bridgehead atoms. The molecule has 5 nitrogen and oxygen atoms in total. The minimum absolute atomic E-state index is 0.0511. The highest BCUT2D eigenvalue weighted by molar-refractivity contribution is 7.18. The fraction of sp³-hybridized carbons (Fsp3) is 0.667. The first-order chi connectivity index (χ1) is 9.17. The van der Waals surface area contributed by atoms with E-state index < -0.39 is 5.97 Å². The Hall–Kier alpha value is -0.850. The third-order valence-electron chi connectivity index (χ3n) is 3.28. The minimum atomic E-state index is -0.468. The van der Waals surface area contributed by atoms with Crippen molar-refractivity contribution in [2.24, 2.45) is 0 Å². The van der Waals surface area contributed by atoms with Gasteiger partial charge in [-0.05, 0) is 12.8 Å². The molecule has 1 atom stereocenters. The number of ether oxygens (including phenoxy) is 1. The van der Waals surface area contributed by atoms with Gasteiger partial charge in [0.05, 0.1) is 19.8 Å². The third-order valence-corrected chi connectivity index (χ3v) is 4.74. The first-order valence-corrected chi connectivity index (χ1v) is 7.49. The number of aliphatic hydroxyl groups excluding tert-OH is 1. The van der Waals surface area contributed by atoms with Gasteiger partial charge in [0.1, 0.15) is 0 Å². The number of aromatic nitrogens is 1. The van der Waals surface area contributed by atoms with Crippen LogP contribution in [0.3, 0.4) is 0 Å². The molecular weight excluding hydrogens is 288 g/mol. The van der Waals surface area contributed by atoms with Crippen LogP contribution in [0.5, 0.6) is 0 Å². The highest BCUT2D eigenvalue weighted by Gasteiger charge is 2.26. The summed E-state index contributed by atoms with van der Waals surface area (Å²) in [5.74, 6) is -0.468. The van der Waals surface area contributed by atoms with Crippen molar-refractivity contribution in [3.05, 3.63) is 10.0 Å². The lowest BCUT2D eigenvalue weighted by Crippen LogP contribution is -2.37. The monoisotopic (exact) mass is 304 g/mol. The van der Waals surface area contributed by atoms with Crippen LogP contribution in [0.25, 0.3) is 0 Å². The summed E-state index contributed by atoms with van der Waals surface area (Å²) in [6.07, 6.45) is 4.24. The van der Waals surface area contributed by atoms with E-state index in [1.54, 1.807) is 0 Å². The van der Waals surface area contributed by atoms with E-state index in [9.17, 15) is 9.90 Å². The molecule has 1 N–H and O–H groups in total. The van der Waals surface area contributed by atoms with Crippen molar-refractivity contribution < 1.29 is 14.6 Å². The van der Waals surface area contributed by atoms with E-state index in [0.29, 0.717) is 10.0 Å². The number of halogens is 1. The molecule has 0 amide bonds. The molecule has 0 spiro atoms. The molecule has 1 fully saturated rings. The molecular formula is C12H17ClN2O3S. The zero-order valence-electron chi connectivity index (χ0n) is 10.8. The number of esters is 1. The number of carbonyl (C=O) groups excluding carboxylic acids is 1. The van der Waals surface area contributed by atoms with Crippen molar-refractivity contribution in [3.8, 4) is 0 Å². The van der Waals surface area contributed by atoms with Gasteiger partial charge in [-0.15, -0.1) is 0 Å². The Balaban J connectivity index is 2.26. The minimum Gasteiger partial charge on any atom is -0.465 e. The quantitative estimate of drug-likeness (QED) is 0.868. The number of aliphatic hydroxyl groups is 1. The predicted molar refractivity (Wildman–Crippen MR) is 75.2 cm³/mol. The number of rotatable bonds is 3. The van der Waals surface area contributed by atoms with Crippen LogP contribution in [0.15, 0.2) is 0 Å². The van der Waals surface area contributed by atoms with Crippen molar-refractivity contribution in [1.29, 1.82) is 0 Å². The second-order valence-electron chi connectivity index (χ2n) is 4.49. The van der Waals surface area contributed by atoms with Gasteiger partial charge in [-0.1, -0.05) is 35.8 Å². The first-order valence-electron chi connectivity index (χ1n) is 6.29. The Morgan fingerprint density at radius 2 is 2.37 bits per heavy atom. The number of hydrogen-bond acceptors (Lipinski definition) is 6. The van der Waals surface area contributed by atoms with E-state index >= 15 is 0 Å². The molecule has 1 aliphatic rings. The van der Waals surface area contributed by atoms with Gasteiger partial charge in [0.2, 0.25) is 0 Å². The second kappa shape index (κ2) is 6.54. The zero-order chi connectivity index (χ0) is 13.8. The van der Waals surface area contributed by atoms with Crippen LogP contribution in [-0.2, 0) is 4.74 Å². The van der Waals surface area contributed by atoms with Gasteiger partial charge in [-0.25, -0.2) is 9.78 Å². The zero-order valence-corrected chi connectivity index (χ0v) is 12.3. The summed E-state index contributed by atoms with van der Waals surface area (Å²) in [5, 5.41) is 10.4. The van der Waals surface area contributed by atoms with Crippen LogP contribution in [0.2, 0.25) is 5.15 Å². The molecule has 19 heavy (non-hydrogen) atoms. The predicted octanol–water partition coefficient (Wildman–Crippen LogP) is 2.32. The standard InChI is InChI=1S/C12H17ClN2O3S/c1-18-11(17)9-10(13)14-12(19-9)15-6-4-2-3-5-8(15)7-16/h8,16H,2-7H2,1H3. The van der Waals surface area contributed by atoms with E-state index in [1.807, 2.05) is 0 Å². The van der Waals surface area contributed by atoms with E-state index in [2.05, 4.69) is 14.6 Å².